The van der Waals surface area contributed by atoms with Crippen molar-refractivity contribution in [3.63, 3.8) is 0 Å². The zero-order valence-corrected chi connectivity index (χ0v) is 7.06. The van der Waals surface area contributed by atoms with E-state index < -0.39 is 11.7 Å². The minimum Gasteiger partial charge on any atom is -0.380 e. The molecule has 0 saturated heterocycles. The lowest BCUT2D eigenvalue weighted by atomic mass is 10.1. The smallest absolute Gasteiger partial charge is 0.380 e. The first kappa shape index (κ1) is 10.1. The molecule has 1 rings (SSSR count). The summed E-state index contributed by atoms with van der Waals surface area (Å²) in [6.45, 7) is 0.198. The molecule has 0 unspecified atom stereocenters. The standard InChI is InChI=1S/C9H9F3O/c1-13-6-7-3-2-4-8(5-7)9(10,11)12/h2-5H,6H2,1H3. The highest BCUT2D eigenvalue weighted by atomic mass is 19.4. The van der Waals surface area contributed by atoms with Gasteiger partial charge in [-0.15, -0.1) is 0 Å². The Morgan fingerprint density at radius 1 is 1.31 bits per heavy atom. The molecule has 13 heavy (non-hydrogen) atoms. The summed E-state index contributed by atoms with van der Waals surface area (Å²) in [5.74, 6) is 0. The van der Waals surface area contributed by atoms with Gasteiger partial charge in [0.1, 0.15) is 0 Å². The molecule has 0 atom stereocenters. The molecule has 0 aliphatic heterocycles. The van der Waals surface area contributed by atoms with Gasteiger partial charge in [-0.1, -0.05) is 12.1 Å². The number of benzene rings is 1. The normalized spacial score (nSPS) is 11.7. The molecule has 0 aliphatic rings. The van der Waals surface area contributed by atoms with Crippen molar-refractivity contribution in [1.82, 2.24) is 0 Å². The van der Waals surface area contributed by atoms with Crippen LogP contribution in [-0.2, 0) is 17.5 Å². The van der Waals surface area contributed by atoms with Crippen LogP contribution in [0.5, 0.6) is 0 Å². The Hall–Kier alpha value is -1.03. The molecule has 1 aromatic rings. The Morgan fingerprint density at radius 2 is 2.00 bits per heavy atom. The van der Waals surface area contributed by atoms with E-state index in [1.165, 1.54) is 13.2 Å². The zero-order valence-electron chi connectivity index (χ0n) is 7.06. The van der Waals surface area contributed by atoms with Crippen LogP contribution in [0.15, 0.2) is 24.3 Å². The zero-order chi connectivity index (χ0) is 9.90. The van der Waals surface area contributed by atoms with E-state index in [1.54, 1.807) is 6.07 Å². The fourth-order valence-electron chi connectivity index (χ4n) is 1.00. The second-order valence-corrected chi connectivity index (χ2v) is 2.63. The van der Waals surface area contributed by atoms with Crippen LogP contribution in [0.4, 0.5) is 13.2 Å². The van der Waals surface area contributed by atoms with Gasteiger partial charge in [0.25, 0.3) is 0 Å². The average Bonchev–Trinajstić information content (AvgIpc) is 2.04. The third kappa shape index (κ3) is 2.73. The third-order valence-corrected chi connectivity index (χ3v) is 1.57. The van der Waals surface area contributed by atoms with Gasteiger partial charge in [-0.2, -0.15) is 13.2 Å². The Kier molecular flexibility index (Phi) is 2.93. The van der Waals surface area contributed by atoms with Crippen molar-refractivity contribution in [2.24, 2.45) is 0 Å². The Morgan fingerprint density at radius 3 is 2.54 bits per heavy atom. The molecule has 0 aliphatic carbocycles. The average molecular weight is 190 g/mol. The van der Waals surface area contributed by atoms with E-state index in [2.05, 4.69) is 0 Å². The summed E-state index contributed by atoms with van der Waals surface area (Å²) in [5.41, 5.74) is -0.112. The molecule has 0 radical (unpaired) electrons. The molecule has 0 amide bonds. The number of hydrogen-bond acceptors (Lipinski definition) is 1. The van der Waals surface area contributed by atoms with Crippen molar-refractivity contribution in [3.05, 3.63) is 35.4 Å². The van der Waals surface area contributed by atoms with Crippen LogP contribution >= 0.6 is 0 Å². The predicted octanol–water partition coefficient (Wildman–Crippen LogP) is 2.85. The molecule has 0 saturated carbocycles. The molecule has 4 heteroatoms. The lowest BCUT2D eigenvalue weighted by Crippen LogP contribution is -2.05. The second-order valence-electron chi connectivity index (χ2n) is 2.63. The largest absolute Gasteiger partial charge is 0.416 e. The van der Waals surface area contributed by atoms with E-state index in [-0.39, 0.29) is 6.61 Å². The minimum absolute atomic E-state index is 0.198. The number of methoxy groups -OCH3 is 1. The van der Waals surface area contributed by atoms with Crippen LogP contribution in [-0.4, -0.2) is 7.11 Å². The molecular formula is C9H9F3O. The van der Waals surface area contributed by atoms with E-state index in [0.717, 1.165) is 12.1 Å². The predicted molar refractivity (Wildman–Crippen MR) is 42.2 cm³/mol. The summed E-state index contributed by atoms with van der Waals surface area (Å²) in [5, 5.41) is 0. The Bertz CT molecular complexity index is 280. The first-order chi connectivity index (χ1) is 6.04. The van der Waals surface area contributed by atoms with Crippen LogP contribution in [0.1, 0.15) is 11.1 Å². The molecule has 0 fully saturated rings. The van der Waals surface area contributed by atoms with Gasteiger partial charge >= 0.3 is 6.18 Å². The quantitative estimate of drug-likeness (QED) is 0.696. The highest BCUT2D eigenvalue weighted by Gasteiger charge is 2.30. The van der Waals surface area contributed by atoms with Crippen molar-refractivity contribution in [2.45, 2.75) is 12.8 Å². The van der Waals surface area contributed by atoms with Gasteiger partial charge in [-0.05, 0) is 17.7 Å². The van der Waals surface area contributed by atoms with Crippen molar-refractivity contribution in [3.8, 4) is 0 Å². The van der Waals surface area contributed by atoms with Crippen molar-refractivity contribution in [2.75, 3.05) is 7.11 Å². The van der Waals surface area contributed by atoms with Gasteiger partial charge in [0.2, 0.25) is 0 Å². The Labute approximate surface area is 74.1 Å². The Balaban J connectivity index is 2.92. The topological polar surface area (TPSA) is 9.23 Å². The van der Waals surface area contributed by atoms with E-state index >= 15 is 0 Å². The van der Waals surface area contributed by atoms with Crippen LogP contribution < -0.4 is 0 Å². The molecular weight excluding hydrogens is 181 g/mol. The van der Waals surface area contributed by atoms with E-state index in [9.17, 15) is 13.2 Å². The van der Waals surface area contributed by atoms with Crippen LogP contribution in [0.25, 0.3) is 0 Å². The van der Waals surface area contributed by atoms with Gasteiger partial charge in [0.05, 0.1) is 12.2 Å². The molecule has 0 bridgehead atoms. The van der Waals surface area contributed by atoms with Crippen molar-refractivity contribution in [1.29, 1.82) is 0 Å². The molecule has 1 nitrogen and oxygen atoms in total. The molecule has 72 valence electrons. The highest BCUT2D eigenvalue weighted by Crippen LogP contribution is 2.29. The fourth-order valence-corrected chi connectivity index (χ4v) is 1.00. The SMILES string of the molecule is COCc1cccc(C(F)(F)F)c1. The van der Waals surface area contributed by atoms with Gasteiger partial charge in [0.15, 0.2) is 0 Å². The summed E-state index contributed by atoms with van der Waals surface area (Å²) in [7, 11) is 1.44. The van der Waals surface area contributed by atoms with E-state index in [1.807, 2.05) is 0 Å². The van der Waals surface area contributed by atoms with Gasteiger partial charge in [-0.25, -0.2) is 0 Å². The maximum atomic E-state index is 12.2. The molecule has 0 aromatic heterocycles. The van der Waals surface area contributed by atoms with Gasteiger partial charge in [0, 0.05) is 7.11 Å². The third-order valence-electron chi connectivity index (χ3n) is 1.57. The van der Waals surface area contributed by atoms with Crippen LogP contribution in [0.3, 0.4) is 0 Å². The fraction of sp³-hybridized carbons (Fsp3) is 0.333. The number of alkyl halides is 3. The highest BCUT2D eigenvalue weighted by molar-refractivity contribution is 5.25. The monoisotopic (exact) mass is 190 g/mol. The summed E-state index contributed by atoms with van der Waals surface area (Å²) in [6.07, 6.45) is -4.27. The maximum absolute atomic E-state index is 12.2. The van der Waals surface area contributed by atoms with E-state index in [0.29, 0.717) is 5.56 Å². The summed E-state index contributed by atoms with van der Waals surface area (Å²) < 4.78 is 41.2. The second kappa shape index (κ2) is 3.79. The first-order valence-electron chi connectivity index (χ1n) is 3.69. The summed E-state index contributed by atoms with van der Waals surface area (Å²) in [6, 6.07) is 5.10. The van der Waals surface area contributed by atoms with Crippen molar-refractivity contribution < 1.29 is 17.9 Å². The molecule has 1 aromatic carbocycles. The lowest BCUT2D eigenvalue weighted by molar-refractivity contribution is -0.137. The minimum atomic E-state index is -4.27. The molecule has 0 spiro atoms. The molecule has 0 N–H and O–H groups in total. The first-order valence-corrected chi connectivity index (χ1v) is 3.69. The lowest BCUT2D eigenvalue weighted by Gasteiger charge is -2.07. The van der Waals surface area contributed by atoms with Gasteiger partial charge < -0.3 is 4.74 Å². The van der Waals surface area contributed by atoms with Crippen molar-refractivity contribution >= 4 is 0 Å². The number of halogens is 3. The van der Waals surface area contributed by atoms with Crippen LogP contribution in [0.2, 0.25) is 0 Å². The maximum Gasteiger partial charge on any atom is 0.416 e. The summed E-state index contributed by atoms with van der Waals surface area (Å²) in [4.78, 5) is 0. The van der Waals surface area contributed by atoms with E-state index in [4.69, 9.17) is 4.74 Å². The molecule has 0 heterocycles. The number of rotatable bonds is 2. The number of ether oxygens (including phenoxy) is 1. The number of hydrogen-bond donors (Lipinski definition) is 0. The van der Waals surface area contributed by atoms with Crippen LogP contribution in [0, 0.1) is 0 Å². The van der Waals surface area contributed by atoms with Gasteiger partial charge in [-0.3, -0.25) is 0 Å². The summed E-state index contributed by atoms with van der Waals surface area (Å²) >= 11 is 0.